The van der Waals surface area contributed by atoms with Crippen LogP contribution in [0.25, 0.3) is 0 Å². The van der Waals surface area contributed by atoms with E-state index in [2.05, 4.69) is 10.6 Å². The van der Waals surface area contributed by atoms with Crippen molar-refractivity contribution in [2.75, 3.05) is 26.8 Å². The summed E-state index contributed by atoms with van der Waals surface area (Å²) < 4.78 is 5.14. The van der Waals surface area contributed by atoms with Gasteiger partial charge in [0.05, 0.1) is 22.6 Å². The zero-order valence-electron chi connectivity index (χ0n) is 12.7. The van der Waals surface area contributed by atoms with E-state index < -0.39 is 0 Å². The second-order valence-corrected chi connectivity index (χ2v) is 5.97. The van der Waals surface area contributed by atoms with Crippen molar-refractivity contribution < 1.29 is 14.3 Å². The molecule has 1 saturated carbocycles. The van der Waals surface area contributed by atoms with Crippen molar-refractivity contribution in [1.82, 2.24) is 10.6 Å². The molecule has 120 valence electrons. The Balaban J connectivity index is 1.74. The fourth-order valence-electron chi connectivity index (χ4n) is 2.60. The summed E-state index contributed by atoms with van der Waals surface area (Å²) in [6.07, 6.45) is 2.78. The number of benzene rings is 1. The van der Waals surface area contributed by atoms with Gasteiger partial charge in [-0.05, 0) is 25.0 Å². The molecule has 0 heterocycles. The van der Waals surface area contributed by atoms with E-state index in [1.165, 1.54) is 0 Å². The van der Waals surface area contributed by atoms with Gasteiger partial charge in [0.1, 0.15) is 0 Å². The third kappa shape index (κ3) is 3.78. The molecule has 1 aromatic carbocycles. The lowest BCUT2D eigenvalue weighted by molar-refractivity contribution is -0.140. The highest BCUT2D eigenvalue weighted by molar-refractivity contribution is 6.33. The predicted octanol–water partition coefficient (Wildman–Crippen LogP) is 2.00. The molecule has 0 aliphatic heterocycles. The summed E-state index contributed by atoms with van der Waals surface area (Å²) in [4.78, 5) is 24.1. The molecule has 5 nitrogen and oxygen atoms in total. The first-order chi connectivity index (χ1) is 10.6. The fraction of sp³-hybridized carbons (Fsp3) is 0.500. The summed E-state index contributed by atoms with van der Waals surface area (Å²) in [6.45, 7) is 1.20. The number of methoxy groups -OCH3 is 1. The van der Waals surface area contributed by atoms with Crippen molar-refractivity contribution >= 4 is 23.4 Å². The number of rotatable bonds is 7. The number of hydrogen-bond donors (Lipinski definition) is 2. The maximum Gasteiger partial charge on any atom is 0.252 e. The fourth-order valence-corrected chi connectivity index (χ4v) is 2.82. The van der Waals surface area contributed by atoms with Crippen LogP contribution in [0.5, 0.6) is 0 Å². The van der Waals surface area contributed by atoms with Gasteiger partial charge in [0.15, 0.2) is 0 Å². The van der Waals surface area contributed by atoms with Gasteiger partial charge in [-0.25, -0.2) is 0 Å². The first-order valence-electron chi connectivity index (χ1n) is 7.39. The highest BCUT2D eigenvalue weighted by atomic mass is 35.5. The Kier molecular flexibility index (Phi) is 5.80. The Morgan fingerprint density at radius 2 is 1.91 bits per heavy atom. The Morgan fingerprint density at radius 3 is 2.50 bits per heavy atom. The molecule has 0 aromatic heterocycles. The van der Waals surface area contributed by atoms with Gasteiger partial charge in [0.2, 0.25) is 5.91 Å². The van der Waals surface area contributed by atoms with Crippen LogP contribution in [0.2, 0.25) is 5.02 Å². The molecule has 0 atom stereocenters. The summed E-state index contributed by atoms with van der Waals surface area (Å²) in [6, 6.07) is 6.86. The second kappa shape index (κ2) is 7.61. The number of ether oxygens (including phenoxy) is 1. The van der Waals surface area contributed by atoms with Crippen molar-refractivity contribution in [2.45, 2.75) is 19.3 Å². The molecular weight excluding hydrogens is 304 g/mol. The van der Waals surface area contributed by atoms with Crippen molar-refractivity contribution in [3.63, 3.8) is 0 Å². The predicted molar refractivity (Wildman–Crippen MR) is 85.0 cm³/mol. The van der Waals surface area contributed by atoms with Crippen molar-refractivity contribution in [1.29, 1.82) is 0 Å². The quantitative estimate of drug-likeness (QED) is 0.754. The maximum absolute atomic E-state index is 12.2. The van der Waals surface area contributed by atoms with Gasteiger partial charge in [-0.3, -0.25) is 9.59 Å². The Morgan fingerprint density at radius 1 is 1.23 bits per heavy atom. The highest BCUT2D eigenvalue weighted by Crippen LogP contribution is 2.41. The van der Waals surface area contributed by atoms with Crippen LogP contribution in [0.1, 0.15) is 29.6 Å². The van der Waals surface area contributed by atoms with E-state index in [0.29, 0.717) is 30.3 Å². The van der Waals surface area contributed by atoms with E-state index in [0.717, 1.165) is 19.3 Å². The van der Waals surface area contributed by atoms with Gasteiger partial charge in [0.25, 0.3) is 5.91 Å². The first-order valence-corrected chi connectivity index (χ1v) is 7.77. The summed E-state index contributed by atoms with van der Waals surface area (Å²) in [5, 5.41) is 6.02. The Bertz CT molecular complexity index is 544. The lowest BCUT2D eigenvalue weighted by Gasteiger charge is -2.39. The molecule has 1 aliphatic carbocycles. The van der Waals surface area contributed by atoms with Crippen LogP contribution in [-0.2, 0) is 9.53 Å². The van der Waals surface area contributed by atoms with Gasteiger partial charge in [0, 0.05) is 20.2 Å². The molecule has 22 heavy (non-hydrogen) atoms. The Hall–Kier alpha value is -1.59. The Labute approximate surface area is 135 Å². The zero-order valence-corrected chi connectivity index (χ0v) is 13.4. The smallest absolute Gasteiger partial charge is 0.252 e. The highest BCUT2D eigenvalue weighted by Gasteiger charge is 2.43. The van der Waals surface area contributed by atoms with Gasteiger partial charge >= 0.3 is 0 Å². The standard InChI is InChI=1S/C16H21ClN2O3/c1-22-11-16(7-4-8-16)15(21)19-10-9-18-14(20)12-5-2-3-6-13(12)17/h2-3,5-6H,4,7-11H2,1H3,(H,18,20)(H,19,21). The van der Waals surface area contributed by atoms with Crippen LogP contribution in [0, 0.1) is 5.41 Å². The number of hydrogen-bond acceptors (Lipinski definition) is 3. The molecule has 0 radical (unpaired) electrons. The average molecular weight is 325 g/mol. The number of carbonyl (C=O) groups is 2. The van der Waals surface area contributed by atoms with E-state index in [-0.39, 0.29) is 17.2 Å². The van der Waals surface area contributed by atoms with Gasteiger partial charge in [-0.2, -0.15) is 0 Å². The summed E-state index contributed by atoms with van der Waals surface area (Å²) >= 11 is 5.96. The topological polar surface area (TPSA) is 67.4 Å². The maximum atomic E-state index is 12.2. The molecular formula is C16H21ClN2O3. The number of carbonyl (C=O) groups excluding carboxylic acids is 2. The normalized spacial score (nSPS) is 15.7. The second-order valence-electron chi connectivity index (χ2n) is 5.56. The molecule has 2 rings (SSSR count). The summed E-state index contributed by atoms with van der Waals surface area (Å²) in [5.41, 5.74) is 0.0620. The monoisotopic (exact) mass is 324 g/mol. The van der Waals surface area contributed by atoms with Crippen LogP contribution in [0.3, 0.4) is 0 Å². The molecule has 1 aliphatic rings. The minimum atomic E-state index is -0.374. The van der Waals surface area contributed by atoms with E-state index in [4.69, 9.17) is 16.3 Å². The minimum absolute atomic E-state index is 0.00703. The van der Waals surface area contributed by atoms with Crippen LogP contribution in [-0.4, -0.2) is 38.6 Å². The summed E-state index contributed by atoms with van der Waals surface area (Å²) in [5.74, 6) is -0.234. The third-order valence-electron chi connectivity index (χ3n) is 4.03. The molecule has 6 heteroatoms. The number of halogens is 1. The molecule has 2 amide bonds. The van der Waals surface area contributed by atoms with Gasteiger partial charge in [-0.1, -0.05) is 30.2 Å². The first kappa shape index (κ1) is 16.8. The molecule has 1 aromatic rings. The van der Waals surface area contributed by atoms with Crippen LogP contribution < -0.4 is 10.6 Å². The van der Waals surface area contributed by atoms with Crippen LogP contribution in [0.15, 0.2) is 24.3 Å². The van der Waals surface area contributed by atoms with Gasteiger partial charge in [-0.15, -0.1) is 0 Å². The molecule has 0 bridgehead atoms. The number of amides is 2. The van der Waals surface area contributed by atoms with E-state index in [1.54, 1.807) is 31.4 Å². The van der Waals surface area contributed by atoms with Crippen molar-refractivity contribution in [3.8, 4) is 0 Å². The zero-order chi connectivity index (χ0) is 16.0. The largest absolute Gasteiger partial charge is 0.384 e. The molecule has 1 fully saturated rings. The average Bonchev–Trinajstić information content (AvgIpc) is 2.47. The summed E-state index contributed by atoms with van der Waals surface area (Å²) in [7, 11) is 1.61. The molecule has 0 saturated heterocycles. The van der Waals surface area contributed by atoms with E-state index in [1.807, 2.05) is 0 Å². The lowest BCUT2D eigenvalue weighted by atomic mass is 9.68. The molecule has 2 N–H and O–H groups in total. The third-order valence-corrected chi connectivity index (χ3v) is 4.36. The molecule has 0 unspecified atom stereocenters. The van der Waals surface area contributed by atoms with Crippen LogP contribution >= 0.6 is 11.6 Å². The van der Waals surface area contributed by atoms with Gasteiger partial charge < -0.3 is 15.4 Å². The minimum Gasteiger partial charge on any atom is -0.384 e. The molecule has 0 spiro atoms. The van der Waals surface area contributed by atoms with E-state index in [9.17, 15) is 9.59 Å². The van der Waals surface area contributed by atoms with E-state index >= 15 is 0 Å². The number of nitrogens with one attached hydrogen (secondary N) is 2. The van der Waals surface area contributed by atoms with Crippen molar-refractivity contribution in [2.24, 2.45) is 5.41 Å². The van der Waals surface area contributed by atoms with Crippen molar-refractivity contribution in [3.05, 3.63) is 34.9 Å². The lowest BCUT2D eigenvalue weighted by Crippen LogP contribution is -2.50. The SMILES string of the molecule is COCC1(C(=O)NCCNC(=O)c2ccccc2Cl)CCC1. The van der Waals surface area contributed by atoms with Crippen LogP contribution in [0.4, 0.5) is 0 Å².